The Morgan fingerprint density at radius 2 is 1.38 bits per heavy atom. The van der Waals surface area contributed by atoms with Crippen molar-refractivity contribution in [2.75, 3.05) is 18.1 Å². The van der Waals surface area contributed by atoms with E-state index in [9.17, 15) is 4.79 Å². The molecule has 0 saturated heterocycles. The molecule has 3 aromatic carbocycles. The number of ether oxygens (including phenoxy) is 2. The fraction of sp³-hybridized carbons (Fsp3) is 0.290. The maximum Gasteiger partial charge on any atom is 0.282 e. The van der Waals surface area contributed by atoms with Crippen LogP contribution in [0.1, 0.15) is 57.1 Å². The zero-order chi connectivity index (χ0) is 26.0. The molecule has 0 atom stereocenters. The zero-order valence-corrected chi connectivity index (χ0v) is 23.0. The molecule has 1 aliphatic rings. The molecule has 3 aromatic rings. The molecule has 192 valence electrons. The molecule has 0 spiro atoms. The average molecular weight is 562 g/mol. The van der Waals surface area contributed by atoms with Crippen molar-refractivity contribution in [2.24, 2.45) is 4.99 Å². The molecule has 6 heteroatoms. The molecule has 0 fully saturated rings. The summed E-state index contributed by atoms with van der Waals surface area (Å²) in [5.41, 5.74) is 2.88. The fourth-order valence-electron chi connectivity index (χ4n) is 3.93. The summed E-state index contributed by atoms with van der Waals surface area (Å²) in [6, 6.07) is 23.2. The molecule has 0 aliphatic carbocycles. The van der Waals surface area contributed by atoms with Crippen LogP contribution in [0.5, 0.6) is 11.5 Å². The van der Waals surface area contributed by atoms with E-state index in [2.05, 4.69) is 29.8 Å². The molecule has 5 nitrogen and oxygen atoms in total. The Morgan fingerprint density at radius 3 is 2.00 bits per heavy atom. The van der Waals surface area contributed by atoms with Crippen molar-refractivity contribution >= 4 is 39.4 Å². The van der Waals surface area contributed by atoms with Crippen LogP contribution in [0.3, 0.4) is 0 Å². The zero-order valence-electron chi connectivity index (χ0n) is 21.5. The first kappa shape index (κ1) is 26.7. The maximum atomic E-state index is 13.6. The van der Waals surface area contributed by atoms with E-state index in [1.165, 1.54) is 0 Å². The Labute approximate surface area is 228 Å². The number of nitrogens with zero attached hydrogens (tertiary/aromatic N) is 2. The molecule has 37 heavy (non-hydrogen) atoms. The topological polar surface area (TPSA) is 51.1 Å². The molecule has 0 unspecified atom stereocenters. The number of benzene rings is 3. The van der Waals surface area contributed by atoms with Crippen LogP contribution in [0, 0.1) is 0 Å². The minimum atomic E-state index is -0.169. The first-order valence-electron chi connectivity index (χ1n) is 13.0. The smallest absolute Gasteiger partial charge is 0.282 e. The predicted octanol–water partition coefficient (Wildman–Crippen LogP) is 8.03. The maximum absolute atomic E-state index is 13.6. The normalized spacial score (nSPS) is 14.2. The van der Waals surface area contributed by atoms with Gasteiger partial charge in [-0.15, -0.1) is 0 Å². The number of anilines is 1. The van der Waals surface area contributed by atoms with Crippen LogP contribution in [0.4, 0.5) is 5.69 Å². The second kappa shape index (κ2) is 13.2. The summed E-state index contributed by atoms with van der Waals surface area (Å²) in [4.78, 5) is 20.1. The third kappa shape index (κ3) is 7.10. The first-order chi connectivity index (χ1) is 18.1. The summed E-state index contributed by atoms with van der Waals surface area (Å²) in [5, 5.41) is 0. The highest BCUT2D eigenvalue weighted by Gasteiger charge is 2.32. The van der Waals surface area contributed by atoms with Crippen LogP contribution in [0.25, 0.3) is 6.08 Å². The van der Waals surface area contributed by atoms with Crippen LogP contribution >= 0.6 is 15.9 Å². The van der Waals surface area contributed by atoms with E-state index in [0.29, 0.717) is 24.7 Å². The number of hydrogen-bond donors (Lipinski definition) is 0. The van der Waals surface area contributed by atoms with Crippen LogP contribution in [0.2, 0.25) is 0 Å². The Balaban J connectivity index is 1.61. The van der Waals surface area contributed by atoms with Crippen molar-refractivity contribution in [2.45, 2.75) is 46.0 Å². The Morgan fingerprint density at radius 1 is 0.784 bits per heavy atom. The fourth-order valence-corrected chi connectivity index (χ4v) is 4.20. The van der Waals surface area contributed by atoms with Crippen LogP contribution in [-0.4, -0.2) is 25.0 Å². The Kier molecular flexibility index (Phi) is 9.55. The van der Waals surface area contributed by atoms with Crippen LogP contribution in [-0.2, 0) is 4.79 Å². The lowest BCUT2D eigenvalue weighted by molar-refractivity contribution is -0.113. The van der Waals surface area contributed by atoms with Crippen molar-refractivity contribution in [3.8, 4) is 11.5 Å². The summed E-state index contributed by atoms with van der Waals surface area (Å²) in [5.74, 6) is 2.02. The molecule has 0 radical (unpaired) electrons. The number of unbranched alkanes of at least 4 members (excludes halogenated alkanes) is 3. The minimum absolute atomic E-state index is 0.169. The van der Waals surface area contributed by atoms with Crippen molar-refractivity contribution in [3.05, 3.63) is 94.1 Å². The number of carbonyl (C=O) groups is 1. The van der Waals surface area contributed by atoms with Gasteiger partial charge in [0.2, 0.25) is 0 Å². The van der Waals surface area contributed by atoms with E-state index >= 15 is 0 Å². The quantitative estimate of drug-likeness (QED) is 0.166. The molecular formula is C31H33BrN2O3. The van der Waals surface area contributed by atoms with E-state index in [0.717, 1.165) is 64.9 Å². The molecule has 0 N–H and O–H groups in total. The molecule has 1 aliphatic heterocycles. The van der Waals surface area contributed by atoms with Gasteiger partial charge in [-0.3, -0.25) is 9.69 Å². The second-order valence-electron chi connectivity index (χ2n) is 8.93. The number of carbonyl (C=O) groups excluding carboxylic acids is 1. The number of rotatable bonds is 12. The standard InChI is InChI=1S/C31H33BrN2O3/c1-3-5-7-21-37-28-18-14-26(15-19-28)34-30(24-10-16-27(17-11-24)36-20-6-4-2)33-29(31(34)35)22-23-8-12-25(32)13-9-23/h8-19,22H,3-7,20-21H2,1-2H3. The second-order valence-corrected chi connectivity index (χ2v) is 9.85. The third-order valence-electron chi connectivity index (χ3n) is 6.02. The van der Waals surface area contributed by atoms with Gasteiger partial charge < -0.3 is 9.47 Å². The summed E-state index contributed by atoms with van der Waals surface area (Å²) in [7, 11) is 0. The molecule has 0 aromatic heterocycles. The lowest BCUT2D eigenvalue weighted by Gasteiger charge is -2.19. The number of halogens is 1. The number of hydrogen-bond acceptors (Lipinski definition) is 4. The molecule has 1 heterocycles. The van der Waals surface area contributed by atoms with E-state index in [4.69, 9.17) is 14.5 Å². The molecule has 1 amide bonds. The highest BCUT2D eigenvalue weighted by molar-refractivity contribution is 9.10. The monoisotopic (exact) mass is 560 g/mol. The van der Waals surface area contributed by atoms with Gasteiger partial charge in [0.1, 0.15) is 23.0 Å². The molecule has 0 saturated carbocycles. The lowest BCUT2D eigenvalue weighted by atomic mass is 10.1. The molecule has 0 bridgehead atoms. The highest BCUT2D eigenvalue weighted by atomic mass is 79.9. The van der Waals surface area contributed by atoms with E-state index in [1.807, 2.05) is 78.9 Å². The Bertz CT molecular complexity index is 1230. The summed E-state index contributed by atoms with van der Waals surface area (Å²) in [6.45, 7) is 5.69. The SMILES string of the molecule is CCCCCOc1ccc(N2C(=O)C(=Cc3ccc(Br)cc3)N=C2c2ccc(OCCCC)cc2)cc1. The van der Waals surface area contributed by atoms with E-state index in [1.54, 1.807) is 4.90 Å². The van der Waals surface area contributed by atoms with Crippen LogP contribution < -0.4 is 14.4 Å². The van der Waals surface area contributed by atoms with Gasteiger partial charge in [0.15, 0.2) is 0 Å². The summed E-state index contributed by atoms with van der Waals surface area (Å²) >= 11 is 3.46. The summed E-state index contributed by atoms with van der Waals surface area (Å²) in [6.07, 6.45) is 7.26. The van der Waals surface area contributed by atoms with E-state index in [-0.39, 0.29) is 5.91 Å². The summed E-state index contributed by atoms with van der Waals surface area (Å²) < 4.78 is 12.7. The Hall–Kier alpha value is -3.38. The van der Waals surface area contributed by atoms with Gasteiger partial charge >= 0.3 is 0 Å². The number of aliphatic imine (C=N–C) groups is 1. The first-order valence-corrected chi connectivity index (χ1v) is 13.7. The van der Waals surface area contributed by atoms with Crippen LogP contribution in [0.15, 0.2) is 88.0 Å². The highest BCUT2D eigenvalue weighted by Crippen LogP contribution is 2.30. The lowest BCUT2D eigenvalue weighted by Crippen LogP contribution is -2.32. The number of amides is 1. The van der Waals surface area contributed by atoms with Gasteiger partial charge in [-0.25, -0.2) is 4.99 Å². The predicted molar refractivity (Wildman–Crippen MR) is 154 cm³/mol. The molecular weight excluding hydrogens is 528 g/mol. The van der Waals surface area contributed by atoms with Gasteiger partial charge in [-0.1, -0.05) is 61.2 Å². The third-order valence-corrected chi connectivity index (χ3v) is 6.55. The average Bonchev–Trinajstić information content (AvgIpc) is 3.24. The van der Waals surface area contributed by atoms with Gasteiger partial charge in [-0.05, 0) is 85.1 Å². The molecule has 4 rings (SSSR count). The minimum Gasteiger partial charge on any atom is -0.494 e. The van der Waals surface area contributed by atoms with Gasteiger partial charge in [-0.2, -0.15) is 0 Å². The van der Waals surface area contributed by atoms with Crippen molar-refractivity contribution in [1.29, 1.82) is 0 Å². The number of amidine groups is 1. The largest absolute Gasteiger partial charge is 0.494 e. The van der Waals surface area contributed by atoms with Crippen molar-refractivity contribution in [3.63, 3.8) is 0 Å². The van der Waals surface area contributed by atoms with Crippen molar-refractivity contribution in [1.82, 2.24) is 0 Å². The van der Waals surface area contributed by atoms with Crippen molar-refractivity contribution < 1.29 is 14.3 Å². The van der Waals surface area contributed by atoms with Gasteiger partial charge in [0.25, 0.3) is 5.91 Å². The van der Waals surface area contributed by atoms with E-state index < -0.39 is 0 Å². The van der Waals surface area contributed by atoms with Gasteiger partial charge in [0, 0.05) is 10.0 Å². The van der Waals surface area contributed by atoms with Gasteiger partial charge in [0.05, 0.1) is 18.9 Å².